The molecule has 4 rings (SSSR count). The maximum atomic E-state index is 12.5. The minimum absolute atomic E-state index is 0.256. The second-order valence-electron chi connectivity index (χ2n) is 7.12. The van der Waals surface area contributed by atoms with Crippen LogP contribution in [0.5, 0.6) is 5.75 Å². The number of hydrogen-bond acceptors (Lipinski definition) is 6. The number of methoxy groups -OCH3 is 1. The lowest BCUT2D eigenvalue weighted by molar-refractivity contribution is -0.142. The van der Waals surface area contributed by atoms with Crippen LogP contribution < -0.4 is 10.1 Å². The number of aryl methyl sites for hydroxylation is 1. The van der Waals surface area contributed by atoms with E-state index >= 15 is 0 Å². The number of hydrogen-bond donors (Lipinski definition) is 1. The van der Waals surface area contributed by atoms with Crippen molar-refractivity contribution in [3.8, 4) is 17.0 Å². The minimum Gasteiger partial charge on any atom is -0.497 e. The van der Waals surface area contributed by atoms with Crippen LogP contribution in [-0.2, 0) is 14.4 Å². The number of thiazole rings is 1. The van der Waals surface area contributed by atoms with E-state index in [9.17, 15) is 14.4 Å². The second-order valence-corrected chi connectivity index (χ2v) is 8.32. The summed E-state index contributed by atoms with van der Waals surface area (Å²) in [6.45, 7) is 1.65. The molecule has 2 aromatic rings. The monoisotopic (exact) mass is 411 g/mol. The Labute approximate surface area is 172 Å². The summed E-state index contributed by atoms with van der Waals surface area (Å²) >= 11 is 1.35. The molecule has 0 radical (unpaired) electrons. The molecule has 1 N–H and O–H groups in total. The summed E-state index contributed by atoms with van der Waals surface area (Å²) in [5.74, 6) is -0.838. The number of carbonyl (C=O) groups is 3. The number of carbonyl (C=O) groups excluding carboxylic acids is 3. The number of allylic oxidation sites excluding steroid dienone is 2. The molecule has 0 saturated carbocycles. The van der Waals surface area contributed by atoms with E-state index in [1.54, 1.807) is 7.11 Å². The van der Waals surface area contributed by atoms with Gasteiger partial charge in [0.05, 0.1) is 24.6 Å². The van der Waals surface area contributed by atoms with E-state index in [2.05, 4.69) is 10.3 Å². The topological polar surface area (TPSA) is 88.6 Å². The number of benzene rings is 1. The van der Waals surface area contributed by atoms with Crippen molar-refractivity contribution < 1.29 is 19.1 Å². The number of amides is 3. The quantitative estimate of drug-likeness (QED) is 0.604. The smallest absolute Gasteiger partial charge is 0.246 e. The SMILES string of the molecule is COc1ccc(-c2nc(NC(=O)CN3C(=O)C4CC=CCC4C3=O)sc2C)cc1. The van der Waals surface area contributed by atoms with Crippen molar-refractivity contribution >= 4 is 34.2 Å². The third kappa shape index (κ3) is 3.67. The Hall–Kier alpha value is -3.00. The highest BCUT2D eigenvalue weighted by atomic mass is 32.1. The largest absolute Gasteiger partial charge is 0.497 e. The van der Waals surface area contributed by atoms with Crippen molar-refractivity contribution in [2.24, 2.45) is 11.8 Å². The average Bonchev–Trinajstić information content (AvgIpc) is 3.21. The zero-order chi connectivity index (χ0) is 20.5. The number of aromatic nitrogens is 1. The van der Waals surface area contributed by atoms with E-state index in [1.807, 2.05) is 43.3 Å². The van der Waals surface area contributed by atoms with Crippen molar-refractivity contribution in [3.63, 3.8) is 0 Å². The summed E-state index contributed by atoms with van der Waals surface area (Å²) < 4.78 is 5.17. The molecule has 1 aliphatic carbocycles. The van der Waals surface area contributed by atoms with Gasteiger partial charge in [-0.3, -0.25) is 19.3 Å². The van der Waals surface area contributed by atoms with Gasteiger partial charge >= 0.3 is 0 Å². The third-order valence-electron chi connectivity index (χ3n) is 5.31. The van der Waals surface area contributed by atoms with Crippen LogP contribution in [-0.4, -0.2) is 41.3 Å². The molecule has 2 unspecified atom stereocenters. The Bertz CT molecular complexity index is 970. The summed E-state index contributed by atoms with van der Waals surface area (Å²) in [7, 11) is 1.61. The van der Waals surface area contributed by atoms with E-state index in [0.29, 0.717) is 18.0 Å². The van der Waals surface area contributed by atoms with Crippen molar-refractivity contribution in [3.05, 3.63) is 41.3 Å². The highest BCUT2D eigenvalue weighted by Crippen LogP contribution is 2.35. The van der Waals surface area contributed by atoms with Gasteiger partial charge in [0.15, 0.2) is 5.13 Å². The number of anilines is 1. The molecule has 1 aromatic carbocycles. The van der Waals surface area contributed by atoms with Crippen LogP contribution in [0.2, 0.25) is 0 Å². The molecule has 150 valence electrons. The van der Waals surface area contributed by atoms with Crippen LogP contribution in [0.3, 0.4) is 0 Å². The first-order valence-corrected chi connectivity index (χ1v) is 10.2. The van der Waals surface area contributed by atoms with Crippen molar-refractivity contribution in [2.45, 2.75) is 19.8 Å². The lowest BCUT2D eigenvalue weighted by Crippen LogP contribution is -2.38. The van der Waals surface area contributed by atoms with E-state index in [4.69, 9.17) is 4.74 Å². The number of nitrogens with one attached hydrogen (secondary N) is 1. The van der Waals surface area contributed by atoms with Crippen LogP contribution in [0.4, 0.5) is 5.13 Å². The Morgan fingerprint density at radius 2 is 1.79 bits per heavy atom. The predicted octanol–water partition coefficient (Wildman–Crippen LogP) is 3.02. The third-order valence-corrected chi connectivity index (χ3v) is 6.19. The summed E-state index contributed by atoms with van der Waals surface area (Å²) in [6.07, 6.45) is 4.97. The molecule has 3 amide bonds. The van der Waals surface area contributed by atoms with E-state index < -0.39 is 5.91 Å². The van der Waals surface area contributed by atoms with Crippen LogP contribution >= 0.6 is 11.3 Å². The zero-order valence-corrected chi connectivity index (χ0v) is 17.0. The molecule has 8 heteroatoms. The second kappa shape index (κ2) is 7.79. The van der Waals surface area contributed by atoms with E-state index in [1.165, 1.54) is 11.3 Å². The fraction of sp³-hybridized carbons (Fsp3) is 0.333. The van der Waals surface area contributed by atoms with Crippen LogP contribution in [0.1, 0.15) is 17.7 Å². The molecule has 0 bridgehead atoms. The molecule has 7 nitrogen and oxygen atoms in total. The van der Waals surface area contributed by atoms with E-state index in [0.717, 1.165) is 26.8 Å². The van der Waals surface area contributed by atoms with Crippen molar-refractivity contribution in [1.29, 1.82) is 0 Å². The first-order valence-electron chi connectivity index (χ1n) is 9.40. The summed E-state index contributed by atoms with van der Waals surface area (Å²) in [5, 5.41) is 3.17. The molecule has 0 spiro atoms. The number of ether oxygens (including phenoxy) is 1. The highest BCUT2D eigenvalue weighted by Gasteiger charge is 2.47. The maximum Gasteiger partial charge on any atom is 0.246 e. The van der Waals surface area contributed by atoms with Crippen LogP contribution in [0.25, 0.3) is 11.3 Å². The Kier molecular flexibility index (Phi) is 5.19. The Balaban J connectivity index is 1.44. The van der Waals surface area contributed by atoms with Gasteiger partial charge in [-0.25, -0.2) is 4.98 Å². The molecule has 1 saturated heterocycles. The van der Waals surface area contributed by atoms with Gasteiger partial charge in [0.25, 0.3) is 0 Å². The van der Waals surface area contributed by atoms with E-state index in [-0.39, 0.29) is 30.2 Å². The van der Waals surface area contributed by atoms with Crippen LogP contribution in [0.15, 0.2) is 36.4 Å². The van der Waals surface area contributed by atoms with Gasteiger partial charge in [0.2, 0.25) is 17.7 Å². The van der Waals surface area contributed by atoms with Gasteiger partial charge in [0, 0.05) is 10.4 Å². The molecule has 2 atom stereocenters. The van der Waals surface area contributed by atoms with Gasteiger partial charge in [-0.1, -0.05) is 12.2 Å². The van der Waals surface area contributed by atoms with Crippen molar-refractivity contribution in [2.75, 3.05) is 19.0 Å². The minimum atomic E-state index is -0.423. The van der Waals surface area contributed by atoms with Gasteiger partial charge in [-0.05, 0) is 44.0 Å². The maximum absolute atomic E-state index is 12.5. The standard InChI is InChI=1S/C21H21N3O4S/c1-12-18(13-7-9-14(28-2)10-8-13)23-21(29-12)22-17(25)11-24-19(26)15-5-3-4-6-16(15)20(24)27/h3-4,7-10,15-16H,5-6,11H2,1-2H3,(H,22,23,25). The van der Waals surface area contributed by atoms with Gasteiger partial charge in [-0.2, -0.15) is 0 Å². The molecule has 1 aromatic heterocycles. The number of nitrogens with zero attached hydrogens (tertiary/aromatic N) is 2. The summed E-state index contributed by atoms with van der Waals surface area (Å²) in [4.78, 5) is 44.0. The molecular formula is C21H21N3O4S. The Morgan fingerprint density at radius 3 is 2.38 bits per heavy atom. The lowest BCUT2D eigenvalue weighted by atomic mass is 9.85. The molecule has 1 fully saturated rings. The van der Waals surface area contributed by atoms with Gasteiger partial charge < -0.3 is 10.1 Å². The fourth-order valence-electron chi connectivity index (χ4n) is 3.79. The van der Waals surface area contributed by atoms with Gasteiger partial charge in [-0.15, -0.1) is 11.3 Å². The normalized spacial score (nSPS) is 20.7. The number of fused-ring (bicyclic) bond motifs is 1. The number of likely N-dealkylation sites (tertiary alicyclic amines) is 1. The fourth-order valence-corrected chi connectivity index (χ4v) is 4.65. The highest BCUT2D eigenvalue weighted by molar-refractivity contribution is 7.16. The molecule has 29 heavy (non-hydrogen) atoms. The summed E-state index contributed by atoms with van der Waals surface area (Å²) in [6, 6.07) is 7.52. The summed E-state index contributed by atoms with van der Waals surface area (Å²) in [5.41, 5.74) is 1.69. The molecule has 2 heterocycles. The average molecular weight is 411 g/mol. The van der Waals surface area contributed by atoms with Crippen molar-refractivity contribution in [1.82, 2.24) is 9.88 Å². The number of imide groups is 1. The van der Waals surface area contributed by atoms with Gasteiger partial charge in [0.1, 0.15) is 12.3 Å². The molecule has 1 aliphatic heterocycles. The first kappa shape index (κ1) is 19.3. The first-order chi connectivity index (χ1) is 14.0. The number of rotatable bonds is 5. The predicted molar refractivity (Wildman–Crippen MR) is 110 cm³/mol. The van der Waals surface area contributed by atoms with Crippen LogP contribution in [0, 0.1) is 18.8 Å². The molecule has 2 aliphatic rings. The zero-order valence-electron chi connectivity index (χ0n) is 16.2. The lowest BCUT2D eigenvalue weighted by Gasteiger charge is -2.14. The molecular weight excluding hydrogens is 390 g/mol. The Morgan fingerprint density at radius 1 is 1.17 bits per heavy atom.